The third kappa shape index (κ3) is 5.97. The number of nitrogens with zero attached hydrogens (tertiary/aromatic N) is 1. The molecule has 180 valence electrons. The molecule has 4 rings (SSSR count). The van der Waals surface area contributed by atoms with Crippen LogP contribution in [0.5, 0.6) is 5.75 Å². The molecule has 0 aliphatic heterocycles. The van der Waals surface area contributed by atoms with Crippen molar-refractivity contribution < 1.29 is 23.3 Å². The number of amides is 2. The van der Waals surface area contributed by atoms with Crippen molar-refractivity contribution in [3.8, 4) is 17.1 Å². The molecule has 8 nitrogen and oxygen atoms in total. The quantitative estimate of drug-likeness (QED) is 0.358. The van der Waals surface area contributed by atoms with E-state index in [1.807, 2.05) is 45.0 Å². The Balaban J connectivity index is 1.33. The van der Waals surface area contributed by atoms with Crippen LogP contribution in [-0.4, -0.2) is 24.1 Å². The van der Waals surface area contributed by atoms with E-state index < -0.39 is 0 Å². The molecule has 0 unspecified atom stereocenters. The SMILES string of the molecule is COc1cccc(-c2ccc(C(=O)Nc3ccc(CC(=O)Nc4cc(C(C)(C)C)on4)cc3)o2)c1. The molecule has 0 fully saturated rings. The van der Waals surface area contributed by atoms with Gasteiger partial charge in [0.05, 0.1) is 13.5 Å². The van der Waals surface area contributed by atoms with Crippen molar-refractivity contribution in [1.82, 2.24) is 5.16 Å². The minimum atomic E-state index is -0.370. The second-order valence-corrected chi connectivity index (χ2v) is 9.10. The van der Waals surface area contributed by atoms with Crippen molar-refractivity contribution in [3.05, 3.63) is 83.8 Å². The molecule has 0 saturated heterocycles. The van der Waals surface area contributed by atoms with Gasteiger partial charge in [-0.25, -0.2) is 0 Å². The number of rotatable bonds is 7. The first-order chi connectivity index (χ1) is 16.7. The third-order valence-electron chi connectivity index (χ3n) is 5.28. The molecule has 0 radical (unpaired) electrons. The maximum atomic E-state index is 12.6. The van der Waals surface area contributed by atoms with Crippen LogP contribution in [0.2, 0.25) is 0 Å². The predicted octanol–water partition coefficient (Wildman–Crippen LogP) is 5.67. The highest BCUT2D eigenvalue weighted by Crippen LogP contribution is 2.26. The zero-order valence-corrected chi connectivity index (χ0v) is 20.0. The van der Waals surface area contributed by atoms with E-state index in [4.69, 9.17) is 13.7 Å². The van der Waals surface area contributed by atoms with E-state index in [0.717, 1.165) is 11.1 Å². The summed E-state index contributed by atoms with van der Waals surface area (Å²) in [4.78, 5) is 25.0. The minimum Gasteiger partial charge on any atom is -0.497 e. The molecule has 0 atom stereocenters. The van der Waals surface area contributed by atoms with Gasteiger partial charge >= 0.3 is 0 Å². The molecule has 0 aliphatic rings. The predicted molar refractivity (Wildman–Crippen MR) is 133 cm³/mol. The molecular weight excluding hydrogens is 446 g/mol. The minimum absolute atomic E-state index is 0.161. The van der Waals surface area contributed by atoms with Crippen LogP contribution < -0.4 is 15.4 Å². The van der Waals surface area contributed by atoms with E-state index in [-0.39, 0.29) is 29.4 Å². The molecule has 0 spiro atoms. The zero-order valence-electron chi connectivity index (χ0n) is 20.0. The summed E-state index contributed by atoms with van der Waals surface area (Å²) in [5.41, 5.74) is 2.00. The van der Waals surface area contributed by atoms with Crippen molar-refractivity contribution in [2.45, 2.75) is 32.6 Å². The Bertz CT molecular complexity index is 1330. The molecular formula is C27H27N3O5. The number of carbonyl (C=O) groups excluding carboxylic acids is 2. The van der Waals surface area contributed by atoms with Crippen LogP contribution in [0.25, 0.3) is 11.3 Å². The summed E-state index contributed by atoms with van der Waals surface area (Å²) in [5, 5.41) is 9.44. The van der Waals surface area contributed by atoms with Crippen molar-refractivity contribution in [2.75, 3.05) is 17.7 Å². The van der Waals surface area contributed by atoms with E-state index >= 15 is 0 Å². The van der Waals surface area contributed by atoms with E-state index in [9.17, 15) is 9.59 Å². The standard InChI is InChI=1S/C27H27N3O5/c1-27(2,3)23-16-24(30-35-23)29-25(31)14-17-8-10-19(11-9-17)28-26(32)22-13-12-21(34-22)18-6-5-7-20(15-18)33-4/h5-13,15-16H,14H2,1-4H3,(H,28,32)(H,29,30,31). The Kier molecular flexibility index (Phi) is 6.73. The Labute approximate surface area is 203 Å². The van der Waals surface area contributed by atoms with Crippen molar-refractivity contribution in [1.29, 1.82) is 0 Å². The van der Waals surface area contributed by atoms with Gasteiger partial charge in [0, 0.05) is 22.7 Å². The van der Waals surface area contributed by atoms with Crippen molar-refractivity contribution >= 4 is 23.3 Å². The fourth-order valence-electron chi connectivity index (χ4n) is 3.35. The number of nitrogens with one attached hydrogen (secondary N) is 2. The lowest BCUT2D eigenvalue weighted by Gasteiger charge is -2.12. The molecule has 35 heavy (non-hydrogen) atoms. The molecule has 4 aromatic rings. The van der Waals surface area contributed by atoms with Crippen LogP contribution in [0.1, 0.15) is 42.6 Å². The van der Waals surface area contributed by atoms with E-state index in [1.54, 1.807) is 49.6 Å². The molecule has 8 heteroatoms. The van der Waals surface area contributed by atoms with Crippen LogP contribution in [-0.2, 0) is 16.6 Å². The van der Waals surface area contributed by atoms with Crippen molar-refractivity contribution in [3.63, 3.8) is 0 Å². The van der Waals surface area contributed by atoms with E-state index in [1.165, 1.54) is 0 Å². The molecule has 2 amide bonds. The number of furan rings is 1. The number of anilines is 2. The van der Waals surface area contributed by atoms with Gasteiger partial charge in [-0.2, -0.15) is 0 Å². The molecule has 2 N–H and O–H groups in total. The summed E-state index contributed by atoms with van der Waals surface area (Å²) >= 11 is 0. The first-order valence-electron chi connectivity index (χ1n) is 11.1. The topological polar surface area (TPSA) is 107 Å². The number of ether oxygens (including phenoxy) is 1. The first-order valence-corrected chi connectivity index (χ1v) is 11.1. The highest BCUT2D eigenvalue weighted by molar-refractivity contribution is 6.02. The fourth-order valence-corrected chi connectivity index (χ4v) is 3.35. The second-order valence-electron chi connectivity index (χ2n) is 9.10. The van der Waals surface area contributed by atoms with Crippen molar-refractivity contribution in [2.24, 2.45) is 0 Å². The number of benzene rings is 2. The highest BCUT2D eigenvalue weighted by atomic mass is 16.5. The first kappa shape index (κ1) is 23.8. The smallest absolute Gasteiger partial charge is 0.291 e. The molecule has 2 aromatic heterocycles. The maximum Gasteiger partial charge on any atom is 0.291 e. The van der Waals surface area contributed by atoms with Crippen LogP contribution in [0.4, 0.5) is 11.5 Å². The molecule has 0 bridgehead atoms. The average molecular weight is 474 g/mol. The summed E-state index contributed by atoms with van der Waals surface area (Å²) in [6.45, 7) is 6.01. The van der Waals surface area contributed by atoms with E-state index in [2.05, 4.69) is 15.8 Å². The maximum absolute atomic E-state index is 12.6. The van der Waals surface area contributed by atoms with Crippen LogP contribution in [0.15, 0.2) is 75.7 Å². The Morgan fingerprint density at radius 1 is 0.971 bits per heavy atom. The van der Waals surface area contributed by atoms with Gasteiger partial charge in [-0.3, -0.25) is 9.59 Å². The zero-order chi connectivity index (χ0) is 25.0. The van der Waals surface area contributed by atoms with Gasteiger partial charge < -0.3 is 24.3 Å². The summed E-state index contributed by atoms with van der Waals surface area (Å²) in [5.74, 6) is 1.96. The van der Waals surface area contributed by atoms with Gasteiger partial charge in [0.25, 0.3) is 5.91 Å². The summed E-state index contributed by atoms with van der Waals surface area (Å²) in [6.07, 6.45) is 0.161. The van der Waals surface area contributed by atoms with Crippen LogP contribution in [0, 0.1) is 0 Å². The van der Waals surface area contributed by atoms with Gasteiger partial charge in [0.15, 0.2) is 11.6 Å². The summed E-state index contributed by atoms with van der Waals surface area (Å²) in [7, 11) is 1.59. The van der Waals surface area contributed by atoms with Gasteiger partial charge in [-0.15, -0.1) is 0 Å². The fraction of sp³-hybridized carbons (Fsp3) is 0.222. The average Bonchev–Trinajstić information content (AvgIpc) is 3.50. The lowest BCUT2D eigenvalue weighted by Crippen LogP contribution is -2.15. The number of methoxy groups -OCH3 is 1. The lowest BCUT2D eigenvalue weighted by atomic mass is 9.93. The van der Waals surface area contributed by atoms with Gasteiger partial charge in [0.2, 0.25) is 5.91 Å². The van der Waals surface area contributed by atoms with Gasteiger partial charge in [-0.05, 0) is 42.0 Å². The number of hydrogen-bond acceptors (Lipinski definition) is 6. The highest BCUT2D eigenvalue weighted by Gasteiger charge is 2.20. The number of carbonyl (C=O) groups is 2. The Morgan fingerprint density at radius 3 is 2.43 bits per heavy atom. The van der Waals surface area contributed by atoms with Crippen LogP contribution in [0.3, 0.4) is 0 Å². The third-order valence-corrected chi connectivity index (χ3v) is 5.28. The monoisotopic (exact) mass is 473 g/mol. The summed E-state index contributed by atoms with van der Waals surface area (Å²) < 4.78 is 16.2. The normalized spacial score (nSPS) is 11.2. The van der Waals surface area contributed by atoms with Gasteiger partial charge in [-0.1, -0.05) is 50.2 Å². The van der Waals surface area contributed by atoms with Gasteiger partial charge in [0.1, 0.15) is 17.3 Å². The lowest BCUT2D eigenvalue weighted by molar-refractivity contribution is -0.115. The second kappa shape index (κ2) is 9.89. The Morgan fingerprint density at radius 2 is 1.74 bits per heavy atom. The molecule has 0 saturated carbocycles. The molecule has 0 aliphatic carbocycles. The summed E-state index contributed by atoms with van der Waals surface area (Å²) in [6, 6.07) is 19.5. The van der Waals surface area contributed by atoms with Crippen LogP contribution >= 0.6 is 0 Å². The number of hydrogen-bond donors (Lipinski definition) is 2. The van der Waals surface area contributed by atoms with E-state index in [0.29, 0.717) is 28.8 Å². The Hall–Kier alpha value is -4.33. The molecule has 2 aromatic carbocycles. The number of aromatic nitrogens is 1. The largest absolute Gasteiger partial charge is 0.497 e. The molecule has 2 heterocycles.